The summed E-state index contributed by atoms with van der Waals surface area (Å²) in [5.41, 5.74) is 0. The first-order chi connectivity index (χ1) is 6.49. The Labute approximate surface area is 76.9 Å². The van der Waals surface area contributed by atoms with E-state index in [4.69, 9.17) is 17.1 Å². The molecule has 1 atom stereocenters. The molecule has 0 amide bonds. The number of hydrogen-bond donors (Lipinski definition) is 1. The zero-order valence-corrected chi connectivity index (χ0v) is 7.05. The van der Waals surface area contributed by atoms with Gasteiger partial charge in [0.2, 0.25) is 0 Å². The lowest BCUT2D eigenvalue weighted by Crippen LogP contribution is -2.19. The first-order valence-electron chi connectivity index (χ1n) is 5.07. The molecule has 1 N–H and O–H groups in total. The van der Waals surface area contributed by atoms with Gasteiger partial charge >= 0.3 is 5.97 Å². The number of aliphatic hydroxyl groups excluding tert-OH is 1. The predicted molar refractivity (Wildman–Crippen MR) is 42.6 cm³/mol. The highest BCUT2D eigenvalue weighted by Crippen LogP contribution is 1.99. The Bertz CT molecular complexity index is 239. The molecular formula is C7H13ClO3. The Hall–Kier alpha value is -0.280. The summed E-state index contributed by atoms with van der Waals surface area (Å²) >= 11 is 5.08. The van der Waals surface area contributed by atoms with Gasteiger partial charge in [-0.2, -0.15) is 0 Å². The number of rotatable bonds is 4. The van der Waals surface area contributed by atoms with E-state index in [-0.39, 0.29) is 0 Å². The zero-order valence-electron chi connectivity index (χ0n) is 10.3. The molecule has 4 heteroatoms. The molecule has 0 saturated carbocycles. The number of alkyl halides is 1. The van der Waals surface area contributed by atoms with E-state index in [9.17, 15) is 9.90 Å². The summed E-state index contributed by atoms with van der Waals surface area (Å²) in [6, 6.07) is 0. The lowest BCUT2D eigenvalue weighted by atomic mass is 10.3. The zero-order chi connectivity index (χ0) is 12.4. The fourth-order valence-electron chi connectivity index (χ4n) is 0.387. The van der Waals surface area contributed by atoms with Crippen molar-refractivity contribution in [2.45, 2.75) is 32.4 Å². The maximum atomic E-state index is 11.2. The topological polar surface area (TPSA) is 46.5 Å². The van der Waals surface area contributed by atoms with Crippen LogP contribution in [0.2, 0.25) is 0 Å². The van der Waals surface area contributed by atoms with E-state index < -0.39 is 30.4 Å². The van der Waals surface area contributed by atoms with Crippen LogP contribution in [0.5, 0.6) is 0 Å². The molecule has 11 heavy (non-hydrogen) atoms. The maximum Gasteiger partial charge on any atom is 0.308 e. The highest BCUT2D eigenvalue weighted by atomic mass is 35.5. The van der Waals surface area contributed by atoms with Crippen LogP contribution in [0.15, 0.2) is 0 Å². The molecular weight excluding hydrogens is 168 g/mol. The quantitative estimate of drug-likeness (QED) is 0.522. The van der Waals surface area contributed by atoms with Gasteiger partial charge in [0.25, 0.3) is 0 Å². The fraction of sp³-hybridized carbons (Fsp3) is 0.857. The Morgan fingerprint density at radius 1 is 1.82 bits per heavy atom. The molecule has 0 spiro atoms. The first-order valence-corrected chi connectivity index (χ1v) is 3.45. The van der Waals surface area contributed by atoms with Crippen molar-refractivity contribution >= 4 is 17.6 Å². The van der Waals surface area contributed by atoms with E-state index in [1.165, 1.54) is 13.8 Å². The van der Waals surface area contributed by atoms with Crippen molar-refractivity contribution < 1.29 is 20.1 Å². The minimum absolute atomic E-state index is 0.555. The summed E-state index contributed by atoms with van der Waals surface area (Å²) in [6.45, 7) is 3.02. The van der Waals surface area contributed by atoms with Crippen molar-refractivity contribution in [3.63, 3.8) is 0 Å². The number of carbonyl (C=O) groups is 1. The molecule has 0 bridgehead atoms. The summed E-state index contributed by atoms with van der Waals surface area (Å²) in [4.78, 5) is 11.2. The van der Waals surface area contributed by atoms with Crippen molar-refractivity contribution in [3.05, 3.63) is 0 Å². The van der Waals surface area contributed by atoms with Gasteiger partial charge in [-0.15, -0.1) is 11.6 Å². The molecule has 0 aromatic carbocycles. The van der Waals surface area contributed by atoms with Crippen LogP contribution in [0.3, 0.4) is 0 Å². The van der Waals surface area contributed by atoms with E-state index in [1.54, 1.807) is 0 Å². The van der Waals surface area contributed by atoms with Gasteiger partial charge in [-0.25, -0.2) is 0 Å². The summed E-state index contributed by atoms with van der Waals surface area (Å²) in [6.07, 6.45) is -5.73. The Balaban J connectivity index is 4.74. The van der Waals surface area contributed by atoms with E-state index in [2.05, 4.69) is 4.74 Å². The van der Waals surface area contributed by atoms with Crippen LogP contribution in [-0.2, 0) is 9.53 Å². The molecule has 0 aromatic heterocycles. The number of carbonyl (C=O) groups excluding carboxylic acids is 1. The van der Waals surface area contributed by atoms with Crippen LogP contribution < -0.4 is 0 Å². The molecule has 0 aromatic rings. The summed E-state index contributed by atoms with van der Waals surface area (Å²) in [7, 11) is 0. The molecule has 0 aliphatic rings. The van der Waals surface area contributed by atoms with Crippen LogP contribution in [0.25, 0.3) is 0 Å². The number of halogens is 1. The second-order valence-electron chi connectivity index (χ2n) is 2.11. The van der Waals surface area contributed by atoms with Gasteiger partial charge < -0.3 is 9.84 Å². The third-order valence-corrected chi connectivity index (χ3v) is 0.907. The molecule has 0 aliphatic heterocycles. The lowest BCUT2D eigenvalue weighted by Gasteiger charge is -2.09. The van der Waals surface area contributed by atoms with Crippen LogP contribution in [0.1, 0.15) is 25.7 Å². The monoisotopic (exact) mass is 184 g/mol. The van der Waals surface area contributed by atoms with Crippen LogP contribution in [0.4, 0.5) is 0 Å². The predicted octanol–water partition coefficient (Wildman–Crippen LogP) is 0.928. The molecule has 3 nitrogen and oxygen atoms in total. The third-order valence-electron chi connectivity index (χ3n) is 0.701. The third kappa shape index (κ3) is 6.13. The molecule has 0 fully saturated rings. The molecule has 0 aliphatic carbocycles. The van der Waals surface area contributed by atoms with Crippen molar-refractivity contribution in [1.82, 2.24) is 0 Å². The summed E-state index contributed by atoms with van der Waals surface area (Å²) in [5.74, 6) is -4.08. The summed E-state index contributed by atoms with van der Waals surface area (Å²) < 4.78 is 32.7. The average molecular weight is 185 g/mol. The smallest absolute Gasteiger partial charge is 0.308 e. The molecule has 0 unspecified atom stereocenters. The highest BCUT2D eigenvalue weighted by Gasteiger charge is 2.11. The van der Waals surface area contributed by atoms with Crippen LogP contribution in [-0.4, -0.2) is 29.1 Å². The minimum Gasteiger partial charge on any atom is -0.463 e. The van der Waals surface area contributed by atoms with E-state index in [0.717, 1.165) is 0 Å². The molecule has 66 valence electrons. The molecule has 0 radical (unpaired) electrons. The van der Waals surface area contributed by atoms with Gasteiger partial charge in [0.15, 0.2) is 0 Å². The standard InChI is InChI=1S/C7H13ClO3/c1-5(2)11-7(10)3-6(9)4-8/h5-6,9H,3-4H2,1-2H3/t6-/m0/s1/i3D2,4D2. The van der Waals surface area contributed by atoms with E-state index in [0.29, 0.717) is 0 Å². The van der Waals surface area contributed by atoms with Crippen LogP contribution >= 0.6 is 11.6 Å². The largest absolute Gasteiger partial charge is 0.463 e. The molecule has 0 heterocycles. The minimum atomic E-state index is -2.88. The molecule has 0 saturated heterocycles. The van der Waals surface area contributed by atoms with E-state index in [1.807, 2.05) is 0 Å². The van der Waals surface area contributed by atoms with Crippen molar-refractivity contribution in [1.29, 1.82) is 0 Å². The van der Waals surface area contributed by atoms with Gasteiger partial charge in [0.1, 0.15) is 0 Å². The number of esters is 1. The summed E-state index contributed by atoms with van der Waals surface area (Å²) in [5, 5.41) is 9.21. The highest BCUT2D eigenvalue weighted by molar-refractivity contribution is 6.18. The van der Waals surface area contributed by atoms with Crippen LogP contribution in [0, 0.1) is 0 Å². The van der Waals surface area contributed by atoms with Gasteiger partial charge in [-0.3, -0.25) is 4.79 Å². The van der Waals surface area contributed by atoms with E-state index >= 15 is 0 Å². The fourth-order valence-corrected chi connectivity index (χ4v) is 0.442. The Morgan fingerprint density at radius 3 is 2.73 bits per heavy atom. The Morgan fingerprint density at radius 2 is 2.36 bits per heavy atom. The second-order valence-corrected chi connectivity index (χ2v) is 2.33. The van der Waals surface area contributed by atoms with Crippen molar-refractivity contribution in [2.24, 2.45) is 0 Å². The first kappa shape index (κ1) is 5.38. The normalized spacial score (nSPS) is 21.2. The van der Waals surface area contributed by atoms with Gasteiger partial charge in [-0.1, -0.05) is 0 Å². The number of hydrogen-bond acceptors (Lipinski definition) is 3. The van der Waals surface area contributed by atoms with Crippen molar-refractivity contribution in [3.8, 4) is 0 Å². The van der Waals surface area contributed by atoms with Gasteiger partial charge in [-0.05, 0) is 13.8 Å². The van der Waals surface area contributed by atoms with Gasteiger partial charge in [0.05, 0.1) is 18.6 Å². The number of ether oxygens (including phenoxy) is 1. The average Bonchev–Trinajstić information content (AvgIpc) is 1.99. The van der Waals surface area contributed by atoms with Gasteiger partial charge in [0, 0.05) is 11.3 Å². The number of aliphatic hydroxyl groups is 1. The Kier molecular flexibility index (Phi) is 2.63. The molecule has 0 rings (SSSR count). The maximum absolute atomic E-state index is 11.2. The second kappa shape index (κ2) is 5.38. The lowest BCUT2D eigenvalue weighted by molar-refractivity contribution is -0.149. The SMILES string of the molecule is [2H]C([2H])(Cl)[C@@H](O)C([2H])([2H])C(=O)OC(C)C. The van der Waals surface area contributed by atoms with Crippen molar-refractivity contribution in [2.75, 3.05) is 5.83 Å².